The number of hydrogen-bond donors (Lipinski definition) is 7. The Kier molecular flexibility index (Phi) is 8.72. The molecule has 2 aromatic rings. The lowest BCUT2D eigenvalue weighted by Crippen LogP contribution is -2.36. The van der Waals surface area contributed by atoms with Gasteiger partial charge in [0.15, 0.2) is 10.6 Å². The Morgan fingerprint density at radius 2 is 2.14 bits per heavy atom. The molecule has 162 valence electrons. The number of unbranched alkanes of at least 4 members (excludes halogenated alkanes) is 1. The maximum absolute atomic E-state index is 9.73. The molecule has 9 N–H and O–H groups in total. The van der Waals surface area contributed by atoms with Crippen molar-refractivity contribution >= 4 is 35.3 Å². The Bertz CT molecular complexity index is 866. The number of nitrogens with two attached hydrogens (primary N) is 2. The average Bonchev–Trinajstić information content (AvgIpc) is 3.12. The van der Waals surface area contributed by atoms with Gasteiger partial charge >= 0.3 is 0 Å². The van der Waals surface area contributed by atoms with Crippen molar-refractivity contribution in [1.29, 1.82) is 0 Å². The largest absolute Gasteiger partial charge is 0.394 e. The number of anilines is 1. The molecule has 13 heteroatoms. The molecule has 0 aliphatic heterocycles. The van der Waals surface area contributed by atoms with Gasteiger partial charge in [0.1, 0.15) is 29.6 Å². The first-order chi connectivity index (χ1) is 13.9. The van der Waals surface area contributed by atoms with Gasteiger partial charge in [-0.15, -0.1) is 0 Å². The predicted octanol–water partition coefficient (Wildman–Crippen LogP) is -0.796. The van der Waals surface area contributed by atoms with E-state index in [-0.39, 0.29) is 5.96 Å². The highest BCUT2D eigenvalue weighted by molar-refractivity contribution is 7.71. The molecule has 0 amide bonds. The van der Waals surface area contributed by atoms with E-state index in [9.17, 15) is 10.2 Å². The molecule has 0 saturated heterocycles. The lowest BCUT2D eigenvalue weighted by molar-refractivity contribution is -0.125. The number of aliphatic imine (C=N–C) groups is 1. The monoisotopic (exact) mass is 428 g/mol. The molecule has 0 spiro atoms. The van der Waals surface area contributed by atoms with Crippen LogP contribution in [0.2, 0.25) is 0 Å². The second-order valence-electron chi connectivity index (χ2n) is 6.39. The summed E-state index contributed by atoms with van der Waals surface area (Å²) in [6, 6.07) is 0. The van der Waals surface area contributed by atoms with Gasteiger partial charge in [0.25, 0.3) is 0 Å². The average molecular weight is 429 g/mol. The van der Waals surface area contributed by atoms with E-state index in [1.54, 1.807) is 11.5 Å². The maximum Gasteiger partial charge on any atom is 0.203 e. The van der Waals surface area contributed by atoms with E-state index in [1.165, 1.54) is 6.33 Å². The SMILES string of the molecule is CC(OC(CO)[C@H](O)CO)n1cnc2c(=S)nc(NCCCCN=C(N)N)[nH]c21. The van der Waals surface area contributed by atoms with Crippen molar-refractivity contribution in [3.8, 4) is 0 Å². The van der Waals surface area contributed by atoms with Crippen LogP contribution >= 0.6 is 12.2 Å². The maximum atomic E-state index is 9.73. The molecule has 2 unspecified atom stereocenters. The number of fused-ring (bicyclic) bond motifs is 1. The summed E-state index contributed by atoms with van der Waals surface area (Å²) < 4.78 is 7.66. The predicted molar refractivity (Wildman–Crippen MR) is 111 cm³/mol. The van der Waals surface area contributed by atoms with Crippen LogP contribution in [0.1, 0.15) is 26.0 Å². The minimum absolute atomic E-state index is 0.0775. The Labute approximate surface area is 172 Å². The number of guanidine groups is 1. The zero-order valence-corrected chi connectivity index (χ0v) is 17.0. The summed E-state index contributed by atoms with van der Waals surface area (Å²) in [6.45, 7) is 1.95. The Hall–Kier alpha value is -2.32. The van der Waals surface area contributed by atoms with Crippen molar-refractivity contribution < 1.29 is 20.1 Å². The first-order valence-electron chi connectivity index (χ1n) is 9.18. The van der Waals surface area contributed by atoms with Crippen LogP contribution in [0, 0.1) is 4.64 Å². The second-order valence-corrected chi connectivity index (χ2v) is 6.77. The number of ether oxygens (including phenoxy) is 1. The molecule has 2 aromatic heterocycles. The number of aliphatic hydroxyl groups excluding tert-OH is 3. The fraction of sp³-hybridized carbons (Fsp3) is 0.625. The topological polar surface area (TPSA) is 193 Å². The fourth-order valence-electron chi connectivity index (χ4n) is 2.64. The Morgan fingerprint density at radius 3 is 2.79 bits per heavy atom. The number of imidazole rings is 1. The molecule has 0 saturated carbocycles. The molecule has 0 aliphatic carbocycles. The third-order valence-electron chi connectivity index (χ3n) is 4.18. The van der Waals surface area contributed by atoms with Gasteiger partial charge in [-0.05, 0) is 19.8 Å². The van der Waals surface area contributed by atoms with Crippen molar-refractivity contribution in [2.24, 2.45) is 16.5 Å². The van der Waals surface area contributed by atoms with Gasteiger partial charge in [0, 0.05) is 13.1 Å². The summed E-state index contributed by atoms with van der Waals surface area (Å²) in [6.07, 6.45) is 0.425. The number of aromatic nitrogens is 4. The lowest BCUT2D eigenvalue weighted by atomic mass is 10.2. The van der Waals surface area contributed by atoms with E-state index in [4.69, 9.17) is 33.5 Å². The molecule has 2 heterocycles. The number of H-pyrrole nitrogens is 1. The Balaban J connectivity index is 2.09. The van der Waals surface area contributed by atoms with Crippen LogP contribution in [0.3, 0.4) is 0 Å². The van der Waals surface area contributed by atoms with Crippen LogP contribution in [0.15, 0.2) is 11.3 Å². The minimum Gasteiger partial charge on any atom is -0.394 e. The summed E-state index contributed by atoms with van der Waals surface area (Å²) in [5, 5.41) is 31.3. The first kappa shape index (κ1) is 23.0. The summed E-state index contributed by atoms with van der Waals surface area (Å²) in [5.41, 5.74) is 11.6. The number of nitrogens with zero attached hydrogens (tertiary/aromatic N) is 4. The smallest absolute Gasteiger partial charge is 0.203 e. The molecule has 0 fully saturated rings. The quantitative estimate of drug-likeness (QED) is 0.0974. The minimum atomic E-state index is -1.20. The van der Waals surface area contributed by atoms with E-state index in [2.05, 4.69) is 25.3 Å². The standard InChI is InChI=1S/C16H28N8O4S/c1-9(28-11(7-26)10(27)6-25)24-8-21-12-13(24)22-16(23-14(12)29)20-5-3-2-4-19-15(17)18/h8-11,25-27H,2-7H2,1H3,(H4,17,18,19)(H2,20,22,23,29)/t9?,10-,11?/m1/s1. The van der Waals surface area contributed by atoms with Gasteiger partial charge in [-0.3, -0.25) is 9.56 Å². The van der Waals surface area contributed by atoms with E-state index in [0.717, 1.165) is 12.8 Å². The summed E-state index contributed by atoms with van der Waals surface area (Å²) >= 11 is 5.31. The molecule has 0 bridgehead atoms. The van der Waals surface area contributed by atoms with Crippen LogP contribution in [-0.4, -0.2) is 79.3 Å². The highest BCUT2D eigenvalue weighted by atomic mass is 32.1. The molecule has 12 nitrogen and oxygen atoms in total. The molecule has 0 aromatic carbocycles. The zero-order chi connectivity index (χ0) is 21.4. The van der Waals surface area contributed by atoms with E-state index >= 15 is 0 Å². The molecule has 2 rings (SSSR count). The van der Waals surface area contributed by atoms with Gasteiger partial charge < -0.3 is 41.8 Å². The third-order valence-corrected chi connectivity index (χ3v) is 4.46. The number of rotatable bonds is 12. The van der Waals surface area contributed by atoms with Gasteiger partial charge in [0.05, 0.1) is 19.5 Å². The molecule has 29 heavy (non-hydrogen) atoms. The van der Waals surface area contributed by atoms with E-state index in [1.807, 2.05) is 0 Å². The summed E-state index contributed by atoms with van der Waals surface area (Å²) in [5.74, 6) is 0.557. The first-order valence-corrected chi connectivity index (χ1v) is 9.59. The molecular formula is C16H28N8O4S. The van der Waals surface area contributed by atoms with Crippen molar-refractivity contribution in [2.75, 3.05) is 31.6 Å². The van der Waals surface area contributed by atoms with E-state index < -0.39 is 31.6 Å². The van der Waals surface area contributed by atoms with Gasteiger partial charge in [0.2, 0.25) is 5.95 Å². The highest BCUT2D eigenvalue weighted by Crippen LogP contribution is 2.20. The van der Waals surface area contributed by atoms with Crippen molar-refractivity contribution in [1.82, 2.24) is 19.5 Å². The number of hydrogen-bond acceptors (Lipinski definition) is 9. The molecule has 3 atom stereocenters. The zero-order valence-electron chi connectivity index (χ0n) is 16.2. The van der Waals surface area contributed by atoms with Crippen molar-refractivity contribution in [3.63, 3.8) is 0 Å². The summed E-state index contributed by atoms with van der Waals surface area (Å²) in [4.78, 5) is 15.6. The van der Waals surface area contributed by atoms with Gasteiger partial charge in [-0.25, -0.2) is 9.97 Å². The second kappa shape index (κ2) is 11.0. The molecule has 0 aliphatic rings. The van der Waals surface area contributed by atoms with Crippen LogP contribution in [0.5, 0.6) is 0 Å². The number of nitrogens with one attached hydrogen (secondary N) is 2. The third kappa shape index (κ3) is 6.33. The molecular weight excluding hydrogens is 400 g/mol. The normalized spacial score (nSPS) is 14.5. The summed E-state index contributed by atoms with van der Waals surface area (Å²) in [7, 11) is 0. The number of aliphatic hydroxyl groups is 3. The van der Waals surface area contributed by atoms with Crippen LogP contribution < -0.4 is 16.8 Å². The van der Waals surface area contributed by atoms with Crippen LogP contribution in [-0.2, 0) is 4.74 Å². The van der Waals surface area contributed by atoms with Crippen molar-refractivity contribution in [2.45, 2.75) is 38.2 Å². The van der Waals surface area contributed by atoms with Crippen molar-refractivity contribution in [3.05, 3.63) is 11.0 Å². The van der Waals surface area contributed by atoms with E-state index in [0.29, 0.717) is 34.8 Å². The van der Waals surface area contributed by atoms with Crippen LogP contribution in [0.4, 0.5) is 5.95 Å². The number of aromatic amines is 1. The fourth-order valence-corrected chi connectivity index (χ4v) is 2.88. The van der Waals surface area contributed by atoms with Gasteiger partial charge in [-0.1, -0.05) is 12.2 Å². The Morgan fingerprint density at radius 1 is 1.38 bits per heavy atom. The molecule has 0 radical (unpaired) electrons. The lowest BCUT2D eigenvalue weighted by Gasteiger charge is -2.24. The van der Waals surface area contributed by atoms with Gasteiger partial charge in [-0.2, -0.15) is 0 Å². The highest BCUT2D eigenvalue weighted by Gasteiger charge is 2.23. The van der Waals surface area contributed by atoms with Crippen LogP contribution in [0.25, 0.3) is 11.2 Å².